The molecular formula is C23H35N3O2. The molecule has 0 aromatic heterocycles. The Morgan fingerprint density at radius 3 is 2.57 bits per heavy atom. The number of likely N-dealkylation sites (tertiary alicyclic amines) is 1. The number of carbonyl (C=O) groups is 2. The molecule has 2 aliphatic heterocycles. The van der Waals surface area contributed by atoms with Crippen molar-refractivity contribution in [3.63, 3.8) is 0 Å². The van der Waals surface area contributed by atoms with Crippen molar-refractivity contribution in [1.29, 1.82) is 0 Å². The van der Waals surface area contributed by atoms with Crippen LogP contribution in [0.3, 0.4) is 0 Å². The zero-order chi connectivity index (χ0) is 20.3. The first-order valence-electron chi connectivity index (χ1n) is 11.0. The van der Waals surface area contributed by atoms with Gasteiger partial charge in [-0.3, -0.25) is 9.59 Å². The Bertz CT molecular complexity index is 714. The summed E-state index contributed by atoms with van der Waals surface area (Å²) in [6.07, 6.45) is 4.72. The molecule has 1 aromatic rings. The maximum Gasteiger partial charge on any atom is 0.228 e. The first-order valence-corrected chi connectivity index (χ1v) is 11.0. The van der Waals surface area contributed by atoms with Crippen LogP contribution in [0, 0.1) is 12.8 Å². The number of anilines is 2. The number of aryl methyl sites for hydroxylation is 1. The zero-order valence-electron chi connectivity index (χ0n) is 17.9. The molecule has 5 heteroatoms. The van der Waals surface area contributed by atoms with E-state index in [-0.39, 0.29) is 17.7 Å². The first kappa shape index (κ1) is 20.7. The minimum atomic E-state index is -0.207. The topological polar surface area (TPSA) is 43.9 Å². The van der Waals surface area contributed by atoms with Crippen molar-refractivity contribution in [2.24, 2.45) is 5.92 Å². The van der Waals surface area contributed by atoms with Crippen molar-refractivity contribution < 1.29 is 9.59 Å². The molecule has 28 heavy (non-hydrogen) atoms. The van der Waals surface area contributed by atoms with Crippen LogP contribution in [-0.2, 0) is 9.59 Å². The summed E-state index contributed by atoms with van der Waals surface area (Å²) in [6, 6.07) is 6.64. The van der Waals surface area contributed by atoms with Gasteiger partial charge in [-0.2, -0.15) is 0 Å². The SMILES string of the molecule is CCC1CCCCN1C(=O)C1CC(=O)N(c2ccc(N(CC)CC)cc2C)C1. The number of carbonyl (C=O) groups excluding carboxylic acids is 2. The summed E-state index contributed by atoms with van der Waals surface area (Å²) >= 11 is 0. The minimum absolute atomic E-state index is 0.0714. The van der Waals surface area contributed by atoms with Gasteiger partial charge >= 0.3 is 0 Å². The lowest BCUT2D eigenvalue weighted by Crippen LogP contribution is -2.46. The minimum Gasteiger partial charge on any atom is -0.372 e. The molecule has 2 saturated heterocycles. The van der Waals surface area contributed by atoms with Gasteiger partial charge in [0.25, 0.3) is 0 Å². The summed E-state index contributed by atoms with van der Waals surface area (Å²) in [7, 11) is 0. The summed E-state index contributed by atoms with van der Waals surface area (Å²) in [5.74, 6) is 0.0448. The molecule has 0 radical (unpaired) electrons. The van der Waals surface area contributed by atoms with Gasteiger partial charge in [0.1, 0.15) is 0 Å². The molecule has 0 N–H and O–H groups in total. The molecule has 2 aliphatic rings. The average Bonchev–Trinajstić information content (AvgIpc) is 3.10. The predicted molar refractivity (Wildman–Crippen MR) is 115 cm³/mol. The molecular weight excluding hydrogens is 350 g/mol. The lowest BCUT2D eigenvalue weighted by Gasteiger charge is -2.36. The van der Waals surface area contributed by atoms with Crippen LogP contribution in [0.1, 0.15) is 58.4 Å². The molecule has 0 saturated carbocycles. The van der Waals surface area contributed by atoms with Gasteiger partial charge < -0.3 is 14.7 Å². The fourth-order valence-corrected chi connectivity index (χ4v) is 4.78. The van der Waals surface area contributed by atoms with Crippen molar-refractivity contribution in [2.45, 2.75) is 65.8 Å². The Labute approximate surface area is 169 Å². The normalized spacial score (nSPS) is 22.6. The van der Waals surface area contributed by atoms with E-state index in [4.69, 9.17) is 0 Å². The first-order chi connectivity index (χ1) is 13.5. The molecule has 1 aromatic carbocycles. The Morgan fingerprint density at radius 1 is 1.18 bits per heavy atom. The van der Waals surface area contributed by atoms with Crippen LogP contribution in [0.4, 0.5) is 11.4 Å². The number of piperidine rings is 1. The second-order valence-corrected chi connectivity index (χ2v) is 8.14. The fourth-order valence-electron chi connectivity index (χ4n) is 4.78. The number of hydrogen-bond acceptors (Lipinski definition) is 3. The van der Waals surface area contributed by atoms with Gasteiger partial charge in [0.15, 0.2) is 0 Å². The Balaban J connectivity index is 1.75. The Morgan fingerprint density at radius 2 is 1.93 bits per heavy atom. The largest absolute Gasteiger partial charge is 0.372 e. The van der Waals surface area contributed by atoms with Gasteiger partial charge in [0.2, 0.25) is 11.8 Å². The van der Waals surface area contributed by atoms with E-state index in [1.807, 2.05) is 11.0 Å². The quantitative estimate of drug-likeness (QED) is 0.744. The maximum atomic E-state index is 13.1. The van der Waals surface area contributed by atoms with E-state index < -0.39 is 0 Å². The second-order valence-electron chi connectivity index (χ2n) is 8.14. The molecule has 2 fully saturated rings. The Hall–Kier alpha value is -2.04. The molecule has 2 atom stereocenters. The molecule has 154 valence electrons. The predicted octanol–water partition coefficient (Wildman–Crippen LogP) is 3.99. The van der Waals surface area contributed by atoms with Crippen LogP contribution in [0.2, 0.25) is 0 Å². The van der Waals surface area contributed by atoms with E-state index in [0.717, 1.165) is 50.1 Å². The number of benzene rings is 1. The Kier molecular flexibility index (Phi) is 6.63. The van der Waals surface area contributed by atoms with Crippen LogP contribution in [0.5, 0.6) is 0 Å². The summed E-state index contributed by atoms with van der Waals surface area (Å²) in [5.41, 5.74) is 3.22. The van der Waals surface area contributed by atoms with Gasteiger partial charge in [0.05, 0.1) is 5.92 Å². The highest BCUT2D eigenvalue weighted by atomic mass is 16.2. The highest BCUT2D eigenvalue weighted by Crippen LogP contribution is 2.32. The third kappa shape index (κ3) is 4.03. The molecule has 3 rings (SSSR count). The van der Waals surface area contributed by atoms with E-state index in [1.165, 1.54) is 12.1 Å². The zero-order valence-corrected chi connectivity index (χ0v) is 17.9. The summed E-state index contributed by atoms with van der Waals surface area (Å²) < 4.78 is 0. The number of hydrogen-bond donors (Lipinski definition) is 0. The van der Waals surface area contributed by atoms with Crippen molar-refractivity contribution in [3.05, 3.63) is 23.8 Å². The van der Waals surface area contributed by atoms with Crippen molar-refractivity contribution in [1.82, 2.24) is 4.90 Å². The standard InChI is InChI=1S/C23H35N3O2/c1-5-19-10-8-9-13-25(19)23(28)18-15-22(27)26(16-18)21-12-11-20(14-17(21)4)24(6-2)7-3/h11-12,14,18-19H,5-10,13,15-16H2,1-4H3. The van der Waals surface area contributed by atoms with Gasteiger partial charge in [-0.15, -0.1) is 0 Å². The van der Waals surface area contributed by atoms with E-state index in [2.05, 4.69) is 49.6 Å². The number of nitrogens with zero attached hydrogens (tertiary/aromatic N) is 3. The summed E-state index contributed by atoms with van der Waals surface area (Å²) in [4.78, 5) is 32.1. The molecule has 2 amide bonds. The monoisotopic (exact) mass is 385 g/mol. The average molecular weight is 386 g/mol. The summed E-state index contributed by atoms with van der Waals surface area (Å²) in [6.45, 7) is 11.8. The highest BCUT2D eigenvalue weighted by molar-refractivity contribution is 6.01. The van der Waals surface area contributed by atoms with Gasteiger partial charge in [0, 0.05) is 50.0 Å². The third-order valence-electron chi connectivity index (χ3n) is 6.46. The van der Waals surface area contributed by atoms with E-state index in [0.29, 0.717) is 19.0 Å². The van der Waals surface area contributed by atoms with E-state index >= 15 is 0 Å². The smallest absolute Gasteiger partial charge is 0.228 e. The van der Waals surface area contributed by atoms with Gasteiger partial charge in [-0.25, -0.2) is 0 Å². The third-order valence-corrected chi connectivity index (χ3v) is 6.46. The molecule has 0 aliphatic carbocycles. The molecule has 2 heterocycles. The molecule has 0 bridgehead atoms. The molecule has 2 unspecified atom stereocenters. The number of amides is 2. The lowest BCUT2D eigenvalue weighted by molar-refractivity contribution is -0.139. The van der Waals surface area contributed by atoms with Crippen molar-refractivity contribution >= 4 is 23.2 Å². The fraction of sp³-hybridized carbons (Fsp3) is 0.652. The van der Waals surface area contributed by atoms with Crippen LogP contribution in [0.15, 0.2) is 18.2 Å². The number of rotatable bonds is 6. The van der Waals surface area contributed by atoms with Crippen LogP contribution in [0.25, 0.3) is 0 Å². The van der Waals surface area contributed by atoms with E-state index in [1.54, 1.807) is 0 Å². The summed E-state index contributed by atoms with van der Waals surface area (Å²) in [5, 5.41) is 0. The molecule has 5 nitrogen and oxygen atoms in total. The van der Waals surface area contributed by atoms with Crippen LogP contribution >= 0.6 is 0 Å². The van der Waals surface area contributed by atoms with Crippen LogP contribution < -0.4 is 9.80 Å². The van der Waals surface area contributed by atoms with Gasteiger partial charge in [-0.1, -0.05) is 6.92 Å². The molecule has 0 spiro atoms. The van der Waals surface area contributed by atoms with Gasteiger partial charge in [-0.05, 0) is 70.2 Å². The maximum absolute atomic E-state index is 13.1. The van der Waals surface area contributed by atoms with E-state index in [9.17, 15) is 9.59 Å². The lowest BCUT2D eigenvalue weighted by atomic mass is 9.97. The second kappa shape index (κ2) is 8.97. The van der Waals surface area contributed by atoms with Crippen molar-refractivity contribution in [3.8, 4) is 0 Å². The van der Waals surface area contributed by atoms with Crippen LogP contribution in [-0.4, -0.2) is 48.9 Å². The highest BCUT2D eigenvalue weighted by Gasteiger charge is 2.39. The van der Waals surface area contributed by atoms with Crippen molar-refractivity contribution in [2.75, 3.05) is 36.0 Å².